The van der Waals surface area contributed by atoms with Gasteiger partial charge in [-0.15, -0.1) is 0 Å². The molecular formula is C16H18F3NO3. The monoisotopic (exact) mass is 329 g/mol. The maximum Gasteiger partial charge on any atom is 0.343 e. The number of rotatable bonds is 5. The standard InChI is InChI=1S/C16H18F3NO3/c1-3-23-15(22)11(8-20-9-4-5-9)14(21)10-7-16(2,19)13(18)6-12(10)17/h6-9,12,21H,3-5H2,1-2H3. The Kier molecular flexibility index (Phi) is 4.97. The van der Waals surface area contributed by atoms with Crippen molar-refractivity contribution in [2.45, 2.75) is 44.6 Å². The second-order valence-electron chi connectivity index (χ2n) is 5.58. The van der Waals surface area contributed by atoms with Crippen molar-refractivity contribution >= 4 is 12.2 Å². The van der Waals surface area contributed by atoms with E-state index in [2.05, 4.69) is 4.99 Å². The molecule has 0 bridgehead atoms. The summed E-state index contributed by atoms with van der Waals surface area (Å²) in [5.41, 5.74) is -3.46. The maximum absolute atomic E-state index is 14.0. The lowest BCUT2D eigenvalue weighted by atomic mass is 9.91. The number of esters is 1. The van der Waals surface area contributed by atoms with E-state index in [0.29, 0.717) is 12.2 Å². The van der Waals surface area contributed by atoms with Crippen LogP contribution in [0.3, 0.4) is 0 Å². The van der Waals surface area contributed by atoms with E-state index in [4.69, 9.17) is 4.74 Å². The molecule has 4 nitrogen and oxygen atoms in total. The number of carbonyl (C=O) groups excluding carboxylic acids is 1. The van der Waals surface area contributed by atoms with Gasteiger partial charge in [0.1, 0.15) is 23.3 Å². The van der Waals surface area contributed by atoms with E-state index in [1.807, 2.05) is 0 Å². The number of ether oxygens (including phenoxy) is 1. The third-order valence-corrected chi connectivity index (χ3v) is 3.47. The van der Waals surface area contributed by atoms with Gasteiger partial charge >= 0.3 is 5.97 Å². The summed E-state index contributed by atoms with van der Waals surface area (Å²) in [7, 11) is 0. The van der Waals surface area contributed by atoms with Gasteiger partial charge in [-0.05, 0) is 38.8 Å². The van der Waals surface area contributed by atoms with E-state index in [9.17, 15) is 23.1 Å². The maximum atomic E-state index is 14.0. The molecule has 2 aliphatic rings. The number of nitrogens with zero attached hydrogens (tertiary/aromatic N) is 1. The van der Waals surface area contributed by atoms with Gasteiger partial charge in [0.15, 0.2) is 5.67 Å². The van der Waals surface area contributed by atoms with Crippen LogP contribution in [0.2, 0.25) is 0 Å². The molecule has 0 aromatic rings. The van der Waals surface area contributed by atoms with E-state index >= 15 is 0 Å². The Hall–Kier alpha value is -2.05. The fraction of sp³-hybridized carbons (Fsp3) is 0.500. The van der Waals surface area contributed by atoms with Gasteiger partial charge in [-0.1, -0.05) is 0 Å². The molecular weight excluding hydrogens is 311 g/mol. The minimum Gasteiger partial charge on any atom is -0.507 e. The molecule has 0 heterocycles. The van der Waals surface area contributed by atoms with Crippen molar-refractivity contribution in [1.29, 1.82) is 0 Å². The van der Waals surface area contributed by atoms with Crippen LogP contribution in [0.5, 0.6) is 0 Å². The molecule has 0 aromatic carbocycles. The number of hydrogen-bond acceptors (Lipinski definition) is 4. The summed E-state index contributed by atoms with van der Waals surface area (Å²) < 4.78 is 46.2. The highest BCUT2D eigenvalue weighted by atomic mass is 19.2. The number of aliphatic hydroxyl groups excluding tert-OH is 1. The number of alkyl halides is 2. The van der Waals surface area contributed by atoms with Crippen LogP contribution in [0.15, 0.2) is 39.9 Å². The normalized spacial score (nSPS) is 29.0. The number of aliphatic imine (C=N–C) groups is 1. The fourth-order valence-corrected chi connectivity index (χ4v) is 2.00. The summed E-state index contributed by atoms with van der Waals surface area (Å²) in [6, 6.07) is 0.0533. The van der Waals surface area contributed by atoms with Crippen LogP contribution in [-0.4, -0.2) is 41.8 Å². The van der Waals surface area contributed by atoms with Crippen molar-refractivity contribution in [3.8, 4) is 0 Å². The minimum atomic E-state index is -2.56. The van der Waals surface area contributed by atoms with Gasteiger partial charge in [0, 0.05) is 11.8 Å². The molecule has 1 saturated carbocycles. The Labute approximate surface area is 132 Å². The number of hydrogen-bond donors (Lipinski definition) is 1. The van der Waals surface area contributed by atoms with Crippen molar-refractivity contribution in [3.63, 3.8) is 0 Å². The molecule has 2 rings (SSSR count). The predicted molar refractivity (Wildman–Crippen MR) is 79.5 cm³/mol. The van der Waals surface area contributed by atoms with Crippen molar-refractivity contribution in [3.05, 3.63) is 34.9 Å². The first-order valence-corrected chi connectivity index (χ1v) is 7.33. The molecule has 0 aromatic heterocycles. The van der Waals surface area contributed by atoms with Crippen molar-refractivity contribution in [2.75, 3.05) is 6.61 Å². The summed E-state index contributed by atoms with van der Waals surface area (Å²) in [6.07, 6.45) is 1.79. The third kappa shape index (κ3) is 4.03. The molecule has 0 spiro atoms. The summed E-state index contributed by atoms with van der Waals surface area (Å²) in [6.45, 7) is 2.50. The molecule has 1 fully saturated rings. The molecule has 7 heteroatoms. The van der Waals surface area contributed by atoms with Gasteiger partial charge in [0.05, 0.1) is 12.6 Å². The Morgan fingerprint density at radius 1 is 1.57 bits per heavy atom. The Morgan fingerprint density at radius 3 is 2.78 bits per heavy atom. The van der Waals surface area contributed by atoms with Crippen LogP contribution in [0, 0.1) is 0 Å². The molecule has 23 heavy (non-hydrogen) atoms. The molecule has 0 radical (unpaired) electrons. The number of carbonyl (C=O) groups is 1. The van der Waals surface area contributed by atoms with Crippen LogP contribution >= 0.6 is 0 Å². The Morgan fingerprint density at radius 2 is 2.22 bits per heavy atom. The summed E-state index contributed by atoms with van der Waals surface area (Å²) in [5, 5.41) is 10.2. The minimum absolute atomic E-state index is 0.0420. The van der Waals surface area contributed by atoms with Gasteiger partial charge < -0.3 is 9.84 Å². The van der Waals surface area contributed by atoms with Crippen LogP contribution in [0.1, 0.15) is 26.7 Å². The van der Waals surface area contributed by atoms with Crippen molar-refractivity contribution in [2.24, 2.45) is 4.99 Å². The molecule has 126 valence electrons. The Bertz CT molecular complexity index is 616. The molecule has 1 N–H and O–H groups in total. The zero-order valence-corrected chi connectivity index (χ0v) is 12.9. The highest BCUT2D eigenvalue weighted by Gasteiger charge is 2.36. The van der Waals surface area contributed by atoms with E-state index in [1.165, 1.54) is 0 Å². The van der Waals surface area contributed by atoms with Gasteiger partial charge in [-0.25, -0.2) is 18.0 Å². The first-order valence-electron chi connectivity index (χ1n) is 7.33. The van der Waals surface area contributed by atoms with Crippen LogP contribution < -0.4 is 0 Å². The molecule has 2 atom stereocenters. The summed E-state index contributed by atoms with van der Waals surface area (Å²) >= 11 is 0. The lowest BCUT2D eigenvalue weighted by molar-refractivity contribution is -0.138. The molecule has 2 aliphatic carbocycles. The van der Waals surface area contributed by atoms with Gasteiger partial charge in [0.25, 0.3) is 0 Å². The first-order chi connectivity index (χ1) is 10.8. The molecule has 0 saturated heterocycles. The molecule has 2 unspecified atom stereocenters. The van der Waals surface area contributed by atoms with E-state index in [0.717, 1.165) is 26.0 Å². The summed E-state index contributed by atoms with van der Waals surface area (Å²) in [5.74, 6) is -2.99. The van der Waals surface area contributed by atoms with Gasteiger partial charge in [0.2, 0.25) is 0 Å². The van der Waals surface area contributed by atoms with Crippen LogP contribution in [0.4, 0.5) is 13.2 Å². The lowest BCUT2D eigenvalue weighted by Gasteiger charge is -2.23. The molecule has 0 amide bonds. The van der Waals surface area contributed by atoms with Crippen molar-refractivity contribution in [1.82, 2.24) is 0 Å². The van der Waals surface area contributed by atoms with Crippen LogP contribution in [-0.2, 0) is 9.53 Å². The fourth-order valence-electron chi connectivity index (χ4n) is 2.00. The Balaban J connectivity index is 2.41. The van der Waals surface area contributed by atoms with E-state index in [-0.39, 0.29) is 18.2 Å². The van der Waals surface area contributed by atoms with Crippen molar-refractivity contribution < 1.29 is 27.8 Å². The largest absolute Gasteiger partial charge is 0.507 e. The zero-order valence-electron chi connectivity index (χ0n) is 12.9. The van der Waals surface area contributed by atoms with E-state index in [1.54, 1.807) is 6.92 Å². The average Bonchev–Trinajstić information content (AvgIpc) is 3.27. The topological polar surface area (TPSA) is 58.9 Å². The van der Waals surface area contributed by atoms with Crippen LogP contribution in [0.25, 0.3) is 0 Å². The number of aliphatic hydroxyl groups is 1. The van der Waals surface area contributed by atoms with Gasteiger partial charge in [-0.2, -0.15) is 0 Å². The highest BCUT2D eigenvalue weighted by molar-refractivity contribution is 6.10. The number of halogens is 3. The quantitative estimate of drug-likeness (QED) is 0.364. The highest BCUT2D eigenvalue weighted by Crippen LogP contribution is 2.36. The van der Waals surface area contributed by atoms with Gasteiger partial charge in [-0.3, -0.25) is 4.99 Å². The second kappa shape index (κ2) is 6.60. The number of allylic oxidation sites excluding steroid dienone is 4. The third-order valence-electron chi connectivity index (χ3n) is 3.47. The van der Waals surface area contributed by atoms with E-state index < -0.39 is 35.0 Å². The SMILES string of the molecule is CCOC(=O)C(C=NC1CC1)=C(O)C1=CC(C)(F)C(F)=CC1F. The predicted octanol–water partition coefficient (Wildman–Crippen LogP) is 3.45. The summed E-state index contributed by atoms with van der Waals surface area (Å²) in [4.78, 5) is 16.0. The first kappa shape index (κ1) is 17.3. The zero-order chi connectivity index (χ0) is 17.2. The smallest absolute Gasteiger partial charge is 0.343 e. The second-order valence-corrected chi connectivity index (χ2v) is 5.58. The lowest BCUT2D eigenvalue weighted by Crippen LogP contribution is -2.26. The molecule has 0 aliphatic heterocycles. The average molecular weight is 329 g/mol.